The number of ether oxygens (including phenoxy) is 1. The molecule has 0 saturated heterocycles. The number of hydrogen-bond donors (Lipinski definition) is 2. The summed E-state index contributed by atoms with van der Waals surface area (Å²) in [6.45, 7) is 3.88. The fourth-order valence-corrected chi connectivity index (χ4v) is 2.69. The van der Waals surface area contributed by atoms with Gasteiger partial charge in [0.1, 0.15) is 5.75 Å². The summed E-state index contributed by atoms with van der Waals surface area (Å²) in [4.78, 5) is 24.8. The molecule has 0 atom stereocenters. The molecular weight excluding hydrogens is 318 g/mol. The van der Waals surface area contributed by atoms with E-state index in [1.165, 1.54) is 10.8 Å². The minimum absolute atomic E-state index is 0.0623. The number of nitrogens with zero attached hydrogens (tertiary/aromatic N) is 1. The maximum atomic E-state index is 12.9. The predicted octanol–water partition coefficient (Wildman–Crippen LogP) is 2.72. The summed E-state index contributed by atoms with van der Waals surface area (Å²) in [7, 11) is 0. The maximum absolute atomic E-state index is 12.9. The molecule has 3 N–H and O–H groups in total. The van der Waals surface area contributed by atoms with Crippen LogP contribution in [-0.2, 0) is 0 Å². The van der Waals surface area contributed by atoms with Crippen molar-refractivity contribution in [2.45, 2.75) is 20.0 Å². The normalized spacial score (nSPS) is 10.9. The number of nitrogens with two attached hydrogens (primary N) is 1. The predicted molar refractivity (Wildman–Crippen MR) is 95.5 cm³/mol. The minimum atomic E-state index is -0.441. The molecule has 0 aliphatic carbocycles. The van der Waals surface area contributed by atoms with E-state index in [1.807, 2.05) is 26.0 Å². The molecule has 0 radical (unpaired) electrons. The molecule has 0 saturated carbocycles. The Bertz CT molecular complexity index is 927. The lowest BCUT2D eigenvalue weighted by Crippen LogP contribution is -2.29. The highest BCUT2D eigenvalue weighted by Crippen LogP contribution is 2.23. The van der Waals surface area contributed by atoms with Crippen molar-refractivity contribution in [1.82, 2.24) is 9.99 Å². The number of nitrogens with one attached hydrogen (secondary N) is 1. The molecule has 1 aromatic heterocycles. The number of amides is 1. The first-order valence-corrected chi connectivity index (χ1v) is 7.93. The average molecular weight is 337 g/mol. The lowest BCUT2D eigenvalue weighted by Gasteiger charge is -2.10. The lowest BCUT2D eigenvalue weighted by molar-refractivity contribution is 0.0955. The van der Waals surface area contributed by atoms with Crippen molar-refractivity contribution < 1.29 is 14.3 Å². The van der Waals surface area contributed by atoms with Crippen LogP contribution in [0.3, 0.4) is 0 Å². The Morgan fingerprint density at radius 3 is 2.40 bits per heavy atom. The van der Waals surface area contributed by atoms with Gasteiger partial charge in [0.15, 0.2) is 0 Å². The van der Waals surface area contributed by atoms with Crippen LogP contribution in [-0.4, -0.2) is 22.5 Å². The molecule has 1 amide bonds. The SMILES string of the molecule is CC(C)Oc1ccc(C(=O)n2cc(C(=O)NN)c3ccccc32)cc1. The van der Waals surface area contributed by atoms with E-state index in [0.29, 0.717) is 27.8 Å². The number of aromatic nitrogens is 1. The van der Waals surface area contributed by atoms with Crippen molar-refractivity contribution >= 4 is 22.7 Å². The third-order valence-corrected chi connectivity index (χ3v) is 3.78. The molecule has 0 fully saturated rings. The highest BCUT2D eigenvalue weighted by Gasteiger charge is 2.18. The monoisotopic (exact) mass is 337 g/mol. The third kappa shape index (κ3) is 3.25. The summed E-state index contributed by atoms with van der Waals surface area (Å²) in [5.74, 6) is 5.27. The second-order valence-corrected chi connectivity index (χ2v) is 5.90. The fraction of sp³-hybridized carbons (Fsp3) is 0.158. The molecule has 0 bridgehead atoms. The number of rotatable bonds is 4. The molecule has 128 valence electrons. The van der Waals surface area contributed by atoms with Crippen molar-refractivity contribution in [3.63, 3.8) is 0 Å². The molecule has 0 unspecified atom stereocenters. The van der Waals surface area contributed by atoms with Crippen LogP contribution >= 0.6 is 0 Å². The number of benzene rings is 2. The van der Waals surface area contributed by atoms with Crippen LogP contribution in [0.25, 0.3) is 10.9 Å². The molecule has 0 aliphatic heterocycles. The first kappa shape index (κ1) is 16.7. The summed E-state index contributed by atoms with van der Waals surface area (Å²) < 4.78 is 7.05. The third-order valence-electron chi connectivity index (χ3n) is 3.78. The standard InChI is InChI=1S/C19H19N3O3/c1-12(2)25-14-9-7-13(8-10-14)19(24)22-11-16(18(23)21-20)15-5-3-4-6-17(15)22/h3-12H,20H2,1-2H3,(H,21,23). The van der Waals surface area contributed by atoms with Crippen molar-refractivity contribution in [2.24, 2.45) is 5.84 Å². The zero-order valence-electron chi connectivity index (χ0n) is 14.0. The fourth-order valence-electron chi connectivity index (χ4n) is 2.69. The summed E-state index contributed by atoms with van der Waals surface area (Å²) in [5.41, 5.74) is 3.61. The van der Waals surface area contributed by atoms with Gasteiger partial charge in [-0.15, -0.1) is 0 Å². The Balaban J connectivity index is 2.01. The number of hydrogen-bond acceptors (Lipinski definition) is 4. The van der Waals surface area contributed by atoms with Crippen molar-refractivity contribution in [3.8, 4) is 5.75 Å². The van der Waals surface area contributed by atoms with Gasteiger partial charge in [-0.1, -0.05) is 18.2 Å². The van der Waals surface area contributed by atoms with Crippen molar-refractivity contribution in [3.05, 3.63) is 65.9 Å². The summed E-state index contributed by atoms with van der Waals surface area (Å²) >= 11 is 0. The minimum Gasteiger partial charge on any atom is -0.491 e. The van der Waals surface area contributed by atoms with Crippen LogP contribution in [0, 0.1) is 0 Å². The maximum Gasteiger partial charge on any atom is 0.267 e. The Labute approximate surface area is 145 Å². The average Bonchev–Trinajstić information content (AvgIpc) is 3.00. The summed E-state index contributed by atoms with van der Waals surface area (Å²) in [5, 5.41) is 0.665. The quantitative estimate of drug-likeness (QED) is 0.435. The van der Waals surface area contributed by atoms with Gasteiger partial charge in [-0.05, 0) is 44.2 Å². The lowest BCUT2D eigenvalue weighted by atomic mass is 10.1. The number of nitrogen functional groups attached to an aromatic ring is 1. The topological polar surface area (TPSA) is 86.3 Å². The Morgan fingerprint density at radius 1 is 1.08 bits per heavy atom. The smallest absolute Gasteiger partial charge is 0.267 e. The largest absolute Gasteiger partial charge is 0.491 e. The van der Waals surface area contributed by atoms with E-state index >= 15 is 0 Å². The first-order valence-electron chi connectivity index (χ1n) is 7.93. The number of carbonyl (C=O) groups is 2. The number of hydrazine groups is 1. The molecule has 1 heterocycles. The number of carbonyl (C=O) groups excluding carboxylic acids is 2. The van der Waals surface area contributed by atoms with E-state index in [4.69, 9.17) is 10.6 Å². The second-order valence-electron chi connectivity index (χ2n) is 5.90. The molecule has 3 aromatic rings. The van der Waals surface area contributed by atoms with E-state index < -0.39 is 5.91 Å². The van der Waals surface area contributed by atoms with Crippen LogP contribution in [0.1, 0.15) is 34.6 Å². The zero-order valence-corrected chi connectivity index (χ0v) is 14.0. The van der Waals surface area contributed by atoms with E-state index in [-0.39, 0.29) is 12.0 Å². The number of fused-ring (bicyclic) bond motifs is 1. The molecule has 6 heteroatoms. The van der Waals surface area contributed by atoms with Gasteiger partial charge in [-0.25, -0.2) is 5.84 Å². The van der Waals surface area contributed by atoms with Gasteiger partial charge in [0, 0.05) is 17.1 Å². The van der Waals surface area contributed by atoms with Gasteiger partial charge < -0.3 is 4.74 Å². The summed E-state index contributed by atoms with van der Waals surface area (Å²) in [6.07, 6.45) is 1.57. The molecule has 25 heavy (non-hydrogen) atoms. The van der Waals surface area contributed by atoms with Gasteiger partial charge in [-0.2, -0.15) is 0 Å². The number of para-hydroxylation sites is 1. The molecule has 0 spiro atoms. The Morgan fingerprint density at radius 2 is 1.76 bits per heavy atom. The van der Waals surface area contributed by atoms with Crippen LogP contribution in [0.5, 0.6) is 5.75 Å². The van der Waals surface area contributed by atoms with Gasteiger partial charge in [0.2, 0.25) is 0 Å². The highest BCUT2D eigenvalue weighted by atomic mass is 16.5. The van der Waals surface area contributed by atoms with Gasteiger partial charge in [0.25, 0.3) is 11.8 Å². The van der Waals surface area contributed by atoms with E-state index in [9.17, 15) is 9.59 Å². The van der Waals surface area contributed by atoms with Gasteiger partial charge in [0.05, 0.1) is 17.2 Å². The van der Waals surface area contributed by atoms with Crippen molar-refractivity contribution in [1.29, 1.82) is 0 Å². The van der Waals surface area contributed by atoms with E-state index in [0.717, 1.165) is 0 Å². The Kier molecular flexibility index (Phi) is 4.54. The van der Waals surface area contributed by atoms with Crippen LogP contribution in [0.2, 0.25) is 0 Å². The van der Waals surface area contributed by atoms with Crippen LogP contribution in [0.15, 0.2) is 54.7 Å². The molecule has 2 aromatic carbocycles. The van der Waals surface area contributed by atoms with Crippen LogP contribution in [0.4, 0.5) is 0 Å². The molecule has 0 aliphatic rings. The summed E-state index contributed by atoms with van der Waals surface area (Å²) in [6, 6.07) is 14.1. The van der Waals surface area contributed by atoms with E-state index in [1.54, 1.807) is 36.4 Å². The molecule has 3 rings (SSSR count). The zero-order chi connectivity index (χ0) is 18.0. The Hall–Kier alpha value is -3.12. The highest BCUT2D eigenvalue weighted by molar-refractivity contribution is 6.11. The van der Waals surface area contributed by atoms with Crippen molar-refractivity contribution in [2.75, 3.05) is 0 Å². The first-order chi connectivity index (χ1) is 12.0. The molecular formula is C19H19N3O3. The van der Waals surface area contributed by atoms with Gasteiger partial charge >= 0.3 is 0 Å². The molecule has 6 nitrogen and oxygen atoms in total. The van der Waals surface area contributed by atoms with Crippen LogP contribution < -0.4 is 16.0 Å². The van der Waals surface area contributed by atoms with E-state index in [2.05, 4.69) is 5.43 Å². The van der Waals surface area contributed by atoms with Gasteiger partial charge in [-0.3, -0.25) is 19.6 Å². The second kappa shape index (κ2) is 6.78.